The van der Waals surface area contributed by atoms with Crippen LogP contribution in [0.1, 0.15) is 24.0 Å². The Morgan fingerprint density at radius 1 is 1.15 bits per heavy atom. The maximum absolute atomic E-state index is 11.0. The maximum atomic E-state index is 11.0. The second-order valence-electron chi connectivity index (χ2n) is 5.97. The molecule has 0 bridgehead atoms. The molecule has 140 valence electrons. The Bertz CT molecular complexity index is 721. The van der Waals surface area contributed by atoms with Crippen LogP contribution in [0.5, 0.6) is 11.5 Å². The van der Waals surface area contributed by atoms with Crippen molar-refractivity contribution in [3.8, 4) is 11.5 Å². The van der Waals surface area contributed by atoms with Gasteiger partial charge in [0.2, 0.25) is 0 Å². The average molecular weight is 378 g/mol. The molecule has 0 aliphatic rings. The molecule has 0 saturated heterocycles. The lowest BCUT2D eigenvalue weighted by molar-refractivity contribution is -0.137. The molecule has 0 amide bonds. The van der Waals surface area contributed by atoms with Crippen LogP contribution in [0.2, 0.25) is 5.02 Å². The predicted molar refractivity (Wildman–Crippen MR) is 102 cm³/mol. The van der Waals surface area contributed by atoms with Gasteiger partial charge < -0.3 is 19.9 Å². The van der Waals surface area contributed by atoms with E-state index in [1.165, 1.54) is 0 Å². The van der Waals surface area contributed by atoms with Crippen molar-refractivity contribution in [1.29, 1.82) is 0 Å². The molecule has 0 heterocycles. The molecule has 0 aromatic heterocycles. The highest BCUT2D eigenvalue weighted by Gasteiger charge is 2.16. The monoisotopic (exact) mass is 377 g/mol. The SMILES string of the molecule is COc1ccc(CNC(CCC(=O)O)Cc2ccccc2)c(Cl)c1OC. The Kier molecular flexibility index (Phi) is 7.75. The van der Waals surface area contributed by atoms with Crippen LogP contribution >= 0.6 is 11.6 Å². The first-order valence-corrected chi connectivity index (χ1v) is 8.81. The Balaban J connectivity index is 2.09. The molecule has 5 nitrogen and oxygen atoms in total. The second-order valence-corrected chi connectivity index (χ2v) is 6.35. The molecule has 0 saturated carbocycles. The normalized spacial score (nSPS) is 11.8. The molecule has 2 aromatic rings. The van der Waals surface area contributed by atoms with E-state index in [2.05, 4.69) is 5.32 Å². The number of nitrogens with one attached hydrogen (secondary N) is 1. The topological polar surface area (TPSA) is 67.8 Å². The van der Waals surface area contributed by atoms with Crippen LogP contribution < -0.4 is 14.8 Å². The molecule has 0 spiro atoms. The van der Waals surface area contributed by atoms with Gasteiger partial charge in [0.15, 0.2) is 11.5 Å². The van der Waals surface area contributed by atoms with E-state index in [-0.39, 0.29) is 12.5 Å². The predicted octanol–water partition coefficient (Wildman–Crippen LogP) is 3.92. The lowest BCUT2D eigenvalue weighted by Gasteiger charge is -2.20. The van der Waals surface area contributed by atoms with E-state index in [0.29, 0.717) is 29.5 Å². The summed E-state index contributed by atoms with van der Waals surface area (Å²) >= 11 is 6.42. The fourth-order valence-electron chi connectivity index (χ4n) is 2.79. The summed E-state index contributed by atoms with van der Waals surface area (Å²) in [7, 11) is 3.11. The van der Waals surface area contributed by atoms with E-state index in [1.54, 1.807) is 14.2 Å². The summed E-state index contributed by atoms with van der Waals surface area (Å²) < 4.78 is 10.6. The number of carboxylic acids is 1. The first-order chi connectivity index (χ1) is 12.5. The third kappa shape index (κ3) is 5.64. The van der Waals surface area contributed by atoms with Gasteiger partial charge >= 0.3 is 5.97 Å². The van der Waals surface area contributed by atoms with E-state index in [1.807, 2.05) is 42.5 Å². The molecular formula is C20H24ClNO4. The third-order valence-corrected chi connectivity index (χ3v) is 4.59. The highest BCUT2D eigenvalue weighted by Crippen LogP contribution is 2.37. The zero-order valence-electron chi connectivity index (χ0n) is 15.0. The van der Waals surface area contributed by atoms with Crippen LogP contribution in [0.25, 0.3) is 0 Å². The number of benzene rings is 2. The fourth-order valence-corrected chi connectivity index (χ4v) is 3.09. The fraction of sp³-hybridized carbons (Fsp3) is 0.350. The van der Waals surface area contributed by atoms with Gasteiger partial charge in [0, 0.05) is 19.0 Å². The summed E-state index contributed by atoms with van der Waals surface area (Å²) in [6.07, 6.45) is 1.40. The number of carbonyl (C=O) groups is 1. The Hall–Kier alpha value is -2.24. The summed E-state index contributed by atoms with van der Waals surface area (Å²) in [5.74, 6) is 0.278. The van der Waals surface area contributed by atoms with Crippen LogP contribution in [-0.4, -0.2) is 31.3 Å². The standard InChI is InChI=1S/C20H24ClNO4/c1-25-17-10-8-15(19(21)20(17)26-2)13-22-16(9-11-18(23)24)12-14-6-4-3-5-7-14/h3-8,10,16,22H,9,11-13H2,1-2H3,(H,23,24). The molecule has 0 radical (unpaired) electrons. The van der Waals surface area contributed by atoms with Crippen molar-refractivity contribution in [3.05, 3.63) is 58.6 Å². The van der Waals surface area contributed by atoms with Gasteiger partial charge in [0.05, 0.1) is 19.2 Å². The molecule has 1 atom stereocenters. The van der Waals surface area contributed by atoms with Crippen molar-refractivity contribution < 1.29 is 19.4 Å². The average Bonchev–Trinajstić information content (AvgIpc) is 2.65. The van der Waals surface area contributed by atoms with Crippen LogP contribution in [0.4, 0.5) is 0 Å². The van der Waals surface area contributed by atoms with Gasteiger partial charge in [-0.1, -0.05) is 48.0 Å². The summed E-state index contributed by atoms with van der Waals surface area (Å²) in [5.41, 5.74) is 2.03. The van der Waals surface area contributed by atoms with Crippen molar-refractivity contribution in [3.63, 3.8) is 0 Å². The van der Waals surface area contributed by atoms with Gasteiger partial charge in [0.25, 0.3) is 0 Å². The molecule has 6 heteroatoms. The number of carboxylic acid groups (broad SMARTS) is 1. The van der Waals surface area contributed by atoms with Crippen LogP contribution in [0.15, 0.2) is 42.5 Å². The van der Waals surface area contributed by atoms with E-state index in [0.717, 1.165) is 17.5 Å². The molecular weight excluding hydrogens is 354 g/mol. The van der Waals surface area contributed by atoms with E-state index in [4.69, 9.17) is 26.2 Å². The Morgan fingerprint density at radius 2 is 1.88 bits per heavy atom. The molecule has 0 fully saturated rings. The van der Waals surface area contributed by atoms with Gasteiger partial charge in [-0.3, -0.25) is 4.79 Å². The van der Waals surface area contributed by atoms with Gasteiger partial charge in [-0.05, 0) is 30.0 Å². The molecule has 2 rings (SSSR count). The van der Waals surface area contributed by atoms with E-state index >= 15 is 0 Å². The highest BCUT2D eigenvalue weighted by molar-refractivity contribution is 6.33. The molecule has 0 aliphatic heterocycles. The van der Waals surface area contributed by atoms with Crippen LogP contribution in [0.3, 0.4) is 0 Å². The maximum Gasteiger partial charge on any atom is 0.303 e. The number of methoxy groups -OCH3 is 2. The van der Waals surface area contributed by atoms with Crippen molar-refractivity contribution in [2.45, 2.75) is 31.8 Å². The number of rotatable bonds is 10. The highest BCUT2D eigenvalue weighted by atomic mass is 35.5. The zero-order valence-corrected chi connectivity index (χ0v) is 15.8. The Morgan fingerprint density at radius 3 is 2.50 bits per heavy atom. The number of halogens is 1. The number of ether oxygens (including phenoxy) is 2. The van der Waals surface area contributed by atoms with Gasteiger partial charge in [-0.2, -0.15) is 0 Å². The lowest BCUT2D eigenvalue weighted by atomic mass is 10.0. The third-order valence-electron chi connectivity index (χ3n) is 4.18. The smallest absolute Gasteiger partial charge is 0.303 e. The van der Waals surface area contributed by atoms with Crippen molar-refractivity contribution >= 4 is 17.6 Å². The number of hydrogen-bond donors (Lipinski definition) is 2. The van der Waals surface area contributed by atoms with Gasteiger partial charge in [0.1, 0.15) is 0 Å². The lowest BCUT2D eigenvalue weighted by Crippen LogP contribution is -2.31. The molecule has 2 aromatic carbocycles. The zero-order chi connectivity index (χ0) is 18.9. The second kappa shape index (κ2) is 10.0. The first kappa shape index (κ1) is 20.1. The minimum Gasteiger partial charge on any atom is -0.493 e. The molecule has 2 N–H and O–H groups in total. The Labute approximate surface area is 158 Å². The van der Waals surface area contributed by atoms with Crippen molar-refractivity contribution in [2.75, 3.05) is 14.2 Å². The van der Waals surface area contributed by atoms with Crippen molar-refractivity contribution in [1.82, 2.24) is 5.32 Å². The van der Waals surface area contributed by atoms with Crippen molar-refractivity contribution in [2.24, 2.45) is 0 Å². The largest absolute Gasteiger partial charge is 0.493 e. The van der Waals surface area contributed by atoms with Gasteiger partial charge in [-0.25, -0.2) is 0 Å². The minimum absolute atomic E-state index is 0.0256. The van der Waals surface area contributed by atoms with Crippen LogP contribution in [0, 0.1) is 0 Å². The summed E-state index contributed by atoms with van der Waals surface area (Å²) in [6, 6.07) is 13.7. The quantitative estimate of drug-likeness (QED) is 0.656. The summed E-state index contributed by atoms with van der Waals surface area (Å²) in [4.78, 5) is 11.0. The van der Waals surface area contributed by atoms with Crippen LogP contribution in [-0.2, 0) is 17.8 Å². The molecule has 0 aliphatic carbocycles. The number of hydrogen-bond acceptors (Lipinski definition) is 4. The first-order valence-electron chi connectivity index (χ1n) is 8.43. The number of aliphatic carboxylic acids is 1. The molecule has 1 unspecified atom stereocenters. The minimum atomic E-state index is -0.797. The van der Waals surface area contributed by atoms with Gasteiger partial charge in [-0.15, -0.1) is 0 Å². The van der Waals surface area contributed by atoms with E-state index < -0.39 is 5.97 Å². The molecule has 26 heavy (non-hydrogen) atoms. The summed E-state index contributed by atoms with van der Waals surface area (Å²) in [6.45, 7) is 0.510. The summed E-state index contributed by atoms with van der Waals surface area (Å²) in [5, 5.41) is 12.9. The van der Waals surface area contributed by atoms with E-state index in [9.17, 15) is 4.79 Å².